The number of ketones is 1. The quantitative estimate of drug-likeness (QED) is 0.848. The van der Waals surface area contributed by atoms with Gasteiger partial charge < -0.3 is 5.73 Å². The van der Waals surface area contributed by atoms with Crippen molar-refractivity contribution in [1.82, 2.24) is 0 Å². The van der Waals surface area contributed by atoms with Gasteiger partial charge in [0, 0.05) is 10.3 Å². The number of hydrogen-bond acceptors (Lipinski definition) is 3. The van der Waals surface area contributed by atoms with E-state index in [0.29, 0.717) is 4.90 Å². The lowest BCUT2D eigenvalue weighted by Gasteiger charge is -2.55. The van der Waals surface area contributed by atoms with Gasteiger partial charge in [-0.2, -0.15) is 0 Å². The van der Waals surface area contributed by atoms with Crippen LogP contribution in [0, 0.1) is 23.2 Å². The topological polar surface area (TPSA) is 77.2 Å². The summed E-state index contributed by atoms with van der Waals surface area (Å²) in [5, 5.41) is 0. The van der Waals surface area contributed by atoms with Crippen molar-refractivity contribution in [3.63, 3.8) is 0 Å². The number of primary amides is 1. The summed E-state index contributed by atoms with van der Waals surface area (Å²) in [6.45, 7) is 0. The minimum atomic E-state index is -1.31. The van der Waals surface area contributed by atoms with E-state index in [-0.39, 0.29) is 29.3 Å². The predicted molar refractivity (Wildman–Crippen MR) is 96.2 cm³/mol. The summed E-state index contributed by atoms with van der Waals surface area (Å²) >= 11 is 0. The molecule has 4 aliphatic carbocycles. The third kappa shape index (κ3) is 3.31. The third-order valence-electron chi connectivity index (χ3n) is 6.46. The van der Waals surface area contributed by atoms with E-state index in [0.717, 1.165) is 42.6 Å². The number of carbonyl (C=O) groups is 2. The van der Waals surface area contributed by atoms with Crippen LogP contribution in [0.25, 0.3) is 0 Å². The van der Waals surface area contributed by atoms with Crippen LogP contribution in [0.15, 0.2) is 29.2 Å². The van der Waals surface area contributed by atoms with Crippen molar-refractivity contribution < 1.29 is 13.8 Å². The highest BCUT2D eigenvalue weighted by atomic mass is 32.2. The first-order chi connectivity index (χ1) is 11.9. The molecule has 4 fully saturated rings. The number of nitrogens with two attached hydrogens (primary N) is 1. The number of amides is 1. The Bertz CT molecular complexity index is 690. The molecule has 1 aromatic carbocycles. The molecule has 0 saturated heterocycles. The van der Waals surface area contributed by atoms with Crippen molar-refractivity contribution >= 4 is 22.5 Å². The van der Waals surface area contributed by atoms with Crippen LogP contribution in [0.3, 0.4) is 0 Å². The molecule has 4 aliphatic rings. The number of Topliss-reactive ketones (excluding diaryl/α,β-unsaturated/α-hetero) is 1. The van der Waals surface area contributed by atoms with Gasteiger partial charge in [0.15, 0.2) is 5.78 Å². The van der Waals surface area contributed by atoms with Crippen molar-refractivity contribution in [1.29, 1.82) is 0 Å². The Kier molecular flexibility index (Phi) is 4.30. The molecule has 4 saturated carbocycles. The van der Waals surface area contributed by atoms with Crippen LogP contribution in [-0.4, -0.2) is 21.7 Å². The van der Waals surface area contributed by atoms with Crippen LogP contribution >= 0.6 is 0 Å². The van der Waals surface area contributed by atoms with Crippen LogP contribution in [0.1, 0.15) is 44.1 Å². The van der Waals surface area contributed by atoms with Gasteiger partial charge in [-0.15, -0.1) is 0 Å². The van der Waals surface area contributed by atoms with Gasteiger partial charge in [-0.05, 0) is 74.0 Å². The van der Waals surface area contributed by atoms with E-state index in [1.807, 2.05) is 0 Å². The van der Waals surface area contributed by atoms with Crippen LogP contribution in [-0.2, 0) is 26.8 Å². The molecule has 0 radical (unpaired) electrons. The summed E-state index contributed by atoms with van der Waals surface area (Å²) in [5.41, 5.74) is 5.81. The van der Waals surface area contributed by atoms with Gasteiger partial charge in [-0.1, -0.05) is 12.1 Å². The van der Waals surface area contributed by atoms with E-state index < -0.39 is 10.8 Å². The molecule has 0 aliphatic heterocycles. The molecule has 25 heavy (non-hydrogen) atoms. The van der Waals surface area contributed by atoms with Gasteiger partial charge in [0.25, 0.3) is 0 Å². The van der Waals surface area contributed by atoms with Crippen molar-refractivity contribution in [3.05, 3.63) is 29.8 Å². The maximum atomic E-state index is 13.0. The van der Waals surface area contributed by atoms with Crippen molar-refractivity contribution in [2.45, 2.75) is 49.8 Å². The normalized spacial score (nSPS) is 34.0. The fourth-order valence-corrected chi connectivity index (χ4v) is 6.92. The predicted octanol–water partition coefficient (Wildman–Crippen LogP) is 2.61. The average Bonchev–Trinajstić information content (AvgIpc) is 2.53. The molecule has 134 valence electrons. The molecule has 4 nitrogen and oxygen atoms in total. The maximum Gasteiger partial charge on any atom is 0.221 e. The second kappa shape index (κ2) is 6.35. The van der Waals surface area contributed by atoms with Crippen LogP contribution in [0.4, 0.5) is 0 Å². The lowest BCUT2D eigenvalue weighted by Crippen LogP contribution is -2.51. The van der Waals surface area contributed by atoms with Gasteiger partial charge in [0.05, 0.1) is 23.0 Å². The van der Waals surface area contributed by atoms with E-state index in [2.05, 4.69) is 0 Å². The molecule has 5 rings (SSSR count). The first-order valence-electron chi connectivity index (χ1n) is 9.22. The fraction of sp³-hybridized carbons (Fsp3) is 0.600. The monoisotopic (exact) mass is 359 g/mol. The largest absolute Gasteiger partial charge is 0.369 e. The Morgan fingerprint density at radius 3 is 2.00 bits per heavy atom. The molecule has 1 atom stereocenters. The van der Waals surface area contributed by atoms with Gasteiger partial charge >= 0.3 is 0 Å². The molecule has 0 heterocycles. The summed E-state index contributed by atoms with van der Waals surface area (Å²) < 4.78 is 12.7. The first-order valence-corrected chi connectivity index (χ1v) is 10.5. The lowest BCUT2D eigenvalue weighted by molar-refractivity contribution is -0.141. The molecule has 2 N–H and O–H groups in total. The van der Waals surface area contributed by atoms with E-state index in [9.17, 15) is 13.8 Å². The van der Waals surface area contributed by atoms with Gasteiger partial charge in [0.1, 0.15) is 0 Å². The first kappa shape index (κ1) is 17.0. The minimum Gasteiger partial charge on any atom is -0.369 e. The van der Waals surface area contributed by atoms with Crippen molar-refractivity contribution in [3.8, 4) is 0 Å². The summed E-state index contributed by atoms with van der Waals surface area (Å²) in [6, 6.07) is 7.04. The Morgan fingerprint density at radius 1 is 1.00 bits per heavy atom. The Labute approximate surface area is 151 Å². The molecule has 5 heteroatoms. The molecule has 0 spiro atoms. The van der Waals surface area contributed by atoms with E-state index >= 15 is 0 Å². The summed E-state index contributed by atoms with van der Waals surface area (Å²) in [4.78, 5) is 24.7. The second-order valence-corrected chi connectivity index (χ2v) is 9.85. The van der Waals surface area contributed by atoms with E-state index in [1.54, 1.807) is 24.3 Å². The zero-order valence-corrected chi connectivity index (χ0v) is 15.2. The average molecular weight is 359 g/mol. The molecule has 1 unspecified atom stereocenters. The molecule has 1 aromatic rings. The highest BCUT2D eigenvalue weighted by Gasteiger charge is 2.54. The van der Waals surface area contributed by atoms with Crippen molar-refractivity contribution in [2.75, 3.05) is 5.75 Å². The Balaban J connectivity index is 1.44. The highest BCUT2D eigenvalue weighted by Crippen LogP contribution is 2.60. The van der Waals surface area contributed by atoms with Crippen molar-refractivity contribution in [2.24, 2.45) is 28.9 Å². The zero-order chi connectivity index (χ0) is 17.6. The van der Waals surface area contributed by atoms with Gasteiger partial charge in [-0.25, -0.2) is 0 Å². The minimum absolute atomic E-state index is 0.126. The second-order valence-electron chi connectivity index (χ2n) is 8.40. The Morgan fingerprint density at radius 2 is 1.52 bits per heavy atom. The maximum absolute atomic E-state index is 13.0. The van der Waals surface area contributed by atoms with E-state index in [1.165, 1.54) is 19.3 Å². The highest BCUT2D eigenvalue weighted by molar-refractivity contribution is 7.85. The van der Waals surface area contributed by atoms with Gasteiger partial charge in [-0.3, -0.25) is 13.8 Å². The smallest absolute Gasteiger partial charge is 0.221 e. The number of carbonyl (C=O) groups excluding carboxylic acids is 2. The molecule has 4 bridgehead atoms. The standard InChI is InChI=1S/C20H25NO3S/c21-19(23)8-13-1-3-17(4-2-13)25(24)12-18(22)20-9-14-5-15(10-20)7-16(6-14)11-20/h1-4,14-16H,5-12H2,(H2,21,23). The summed E-state index contributed by atoms with van der Waals surface area (Å²) in [6.07, 6.45) is 7.15. The SMILES string of the molecule is NC(=O)Cc1ccc(S(=O)CC(=O)C23CC4CC(CC(C4)C2)C3)cc1. The van der Waals surface area contributed by atoms with Crippen LogP contribution in [0.5, 0.6) is 0 Å². The molecular weight excluding hydrogens is 334 g/mol. The third-order valence-corrected chi connectivity index (χ3v) is 7.78. The summed E-state index contributed by atoms with van der Waals surface area (Å²) in [5.74, 6) is 2.11. The molecule has 0 aromatic heterocycles. The molecular formula is C20H25NO3S. The van der Waals surface area contributed by atoms with Crippen LogP contribution in [0.2, 0.25) is 0 Å². The Hall–Kier alpha value is -1.49. The number of benzene rings is 1. The fourth-order valence-electron chi connectivity index (χ4n) is 5.77. The lowest BCUT2D eigenvalue weighted by atomic mass is 9.48. The summed E-state index contributed by atoms with van der Waals surface area (Å²) in [7, 11) is -1.31. The van der Waals surface area contributed by atoms with Gasteiger partial charge in [0.2, 0.25) is 5.91 Å². The number of hydrogen-bond donors (Lipinski definition) is 1. The molecule has 1 amide bonds. The number of rotatable bonds is 6. The zero-order valence-electron chi connectivity index (χ0n) is 14.4. The van der Waals surface area contributed by atoms with E-state index in [4.69, 9.17) is 5.73 Å². The van der Waals surface area contributed by atoms with Crippen LogP contribution < -0.4 is 5.73 Å².